The summed E-state index contributed by atoms with van der Waals surface area (Å²) in [5, 5.41) is 3.30. The number of hydrogen-bond donors (Lipinski definition) is 1. The van der Waals surface area contributed by atoms with Crippen molar-refractivity contribution in [3.8, 4) is 0 Å². The highest BCUT2D eigenvalue weighted by Crippen LogP contribution is 2.38. The van der Waals surface area contributed by atoms with Gasteiger partial charge in [-0.15, -0.1) is 0 Å². The van der Waals surface area contributed by atoms with Crippen molar-refractivity contribution >= 4 is 11.8 Å². The number of amides is 2. The highest BCUT2D eigenvalue weighted by molar-refractivity contribution is 5.85. The van der Waals surface area contributed by atoms with Crippen LogP contribution in [-0.4, -0.2) is 54.3 Å². The molecule has 2 aliphatic rings. The second-order valence-electron chi connectivity index (χ2n) is 6.72. The number of nitrogens with zero attached hydrogens (tertiary/aromatic N) is 2. The predicted octanol–water partition coefficient (Wildman–Crippen LogP) is 1.95. The number of hydrogen-bond acceptors (Lipinski definition) is 3. The van der Waals surface area contributed by atoms with Crippen molar-refractivity contribution in [1.29, 1.82) is 0 Å². The minimum Gasteiger partial charge on any atom is -0.341 e. The average molecular weight is 347 g/mol. The van der Waals surface area contributed by atoms with Crippen LogP contribution in [0.4, 0.5) is 4.39 Å². The Bertz CT molecular complexity index is 629. The summed E-state index contributed by atoms with van der Waals surface area (Å²) in [5.74, 6) is -0.691. The van der Waals surface area contributed by atoms with Crippen molar-refractivity contribution in [2.75, 3.05) is 32.7 Å². The zero-order valence-corrected chi connectivity index (χ0v) is 14.7. The lowest BCUT2D eigenvalue weighted by atomic mass is 9.83. The number of nitrogens with one attached hydrogen (secondary N) is 1. The molecule has 2 saturated heterocycles. The van der Waals surface area contributed by atoms with Gasteiger partial charge in [-0.1, -0.05) is 18.2 Å². The van der Waals surface area contributed by atoms with E-state index in [1.165, 1.54) is 6.07 Å². The Labute approximate surface area is 148 Å². The molecule has 2 atom stereocenters. The van der Waals surface area contributed by atoms with Crippen LogP contribution in [0, 0.1) is 11.7 Å². The molecule has 0 bridgehead atoms. The monoisotopic (exact) mass is 347 g/mol. The zero-order valence-electron chi connectivity index (χ0n) is 14.7. The van der Waals surface area contributed by atoms with Crippen molar-refractivity contribution < 1.29 is 14.0 Å². The van der Waals surface area contributed by atoms with E-state index in [0.29, 0.717) is 38.0 Å². The van der Waals surface area contributed by atoms with Gasteiger partial charge < -0.3 is 15.1 Å². The second-order valence-corrected chi connectivity index (χ2v) is 6.72. The molecule has 5 nitrogen and oxygen atoms in total. The summed E-state index contributed by atoms with van der Waals surface area (Å²) >= 11 is 0. The Kier molecular flexibility index (Phi) is 5.68. The lowest BCUT2D eigenvalue weighted by Crippen LogP contribution is -2.49. The molecule has 0 radical (unpaired) electrons. The van der Waals surface area contributed by atoms with Crippen LogP contribution >= 0.6 is 0 Å². The number of benzene rings is 1. The lowest BCUT2D eigenvalue weighted by molar-refractivity contribution is -0.147. The number of likely N-dealkylation sites (tertiary alicyclic amines) is 1. The minimum atomic E-state index is -0.517. The highest BCUT2D eigenvalue weighted by atomic mass is 19.1. The molecule has 1 aromatic rings. The van der Waals surface area contributed by atoms with E-state index >= 15 is 0 Å². The van der Waals surface area contributed by atoms with E-state index in [2.05, 4.69) is 5.32 Å². The molecule has 1 aromatic carbocycles. The Morgan fingerprint density at radius 1 is 1.28 bits per heavy atom. The largest absolute Gasteiger partial charge is 0.341 e. The van der Waals surface area contributed by atoms with Gasteiger partial charge in [0, 0.05) is 38.2 Å². The van der Waals surface area contributed by atoms with Crippen LogP contribution in [0.2, 0.25) is 0 Å². The summed E-state index contributed by atoms with van der Waals surface area (Å²) in [4.78, 5) is 29.1. The van der Waals surface area contributed by atoms with Gasteiger partial charge in [-0.05, 0) is 32.4 Å². The van der Waals surface area contributed by atoms with Gasteiger partial charge >= 0.3 is 0 Å². The quantitative estimate of drug-likeness (QED) is 0.909. The number of halogens is 1. The van der Waals surface area contributed by atoms with Gasteiger partial charge in [0.2, 0.25) is 11.8 Å². The fourth-order valence-electron chi connectivity index (χ4n) is 3.98. The van der Waals surface area contributed by atoms with E-state index in [1.54, 1.807) is 23.1 Å². The maximum atomic E-state index is 14.5. The zero-order chi connectivity index (χ0) is 17.8. The predicted molar refractivity (Wildman–Crippen MR) is 93.3 cm³/mol. The topological polar surface area (TPSA) is 52.7 Å². The third-order valence-electron chi connectivity index (χ3n) is 5.24. The molecule has 2 amide bonds. The average Bonchev–Trinajstić information content (AvgIpc) is 2.91. The van der Waals surface area contributed by atoms with Crippen molar-refractivity contribution in [2.45, 2.75) is 32.2 Å². The molecular weight excluding hydrogens is 321 g/mol. The molecule has 0 aliphatic carbocycles. The molecule has 3 rings (SSSR count). The number of rotatable bonds is 3. The van der Waals surface area contributed by atoms with Gasteiger partial charge in [-0.3, -0.25) is 9.59 Å². The highest BCUT2D eigenvalue weighted by Gasteiger charge is 2.42. The maximum absolute atomic E-state index is 14.5. The Hall–Kier alpha value is -1.95. The van der Waals surface area contributed by atoms with E-state index < -0.39 is 6.04 Å². The number of piperidine rings is 1. The van der Waals surface area contributed by atoms with Gasteiger partial charge in [0.15, 0.2) is 0 Å². The van der Waals surface area contributed by atoms with E-state index in [4.69, 9.17) is 0 Å². The summed E-state index contributed by atoms with van der Waals surface area (Å²) in [5.41, 5.74) is 0.448. The summed E-state index contributed by atoms with van der Waals surface area (Å²) < 4.78 is 14.5. The molecule has 0 spiro atoms. The first kappa shape index (κ1) is 17.9. The lowest BCUT2D eigenvalue weighted by Gasteiger charge is -2.42. The summed E-state index contributed by atoms with van der Waals surface area (Å²) in [6, 6.07) is 5.99. The van der Waals surface area contributed by atoms with Crippen molar-refractivity contribution in [2.24, 2.45) is 5.92 Å². The van der Waals surface area contributed by atoms with Gasteiger partial charge in [-0.2, -0.15) is 0 Å². The van der Waals surface area contributed by atoms with E-state index in [-0.39, 0.29) is 23.5 Å². The Morgan fingerprint density at radius 3 is 2.84 bits per heavy atom. The van der Waals surface area contributed by atoms with Crippen LogP contribution in [0.15, 0.2) is 24.3 Å². The minimum absolute atomic E-state index is 0.00247. The van der Waals surface area contributed by atoms with Gasteiger partial charge in [0.1, 0.15) is 5.82 Å². The van der Waals surface area contributed by atoms with Crippen molar-refractivity contribution in [3.05, 3.63) is 35.6 Å². The molecule has 0 unspecified atom stereocenters. The number of carbonyl (C=O) groups excluding carboxylic acids is 2. The first-order valence-corrected chi connectivity index (χ1v) is 9.17. The first-order valence-electron chi connectivity index (χ1n) is 9.17. The smallest absolute Gasteiger partial charge is 0.228 e. The van der Waals surface area contributed by atoms with Crippen LogP contribution in [-0.2, 0) is 9.59 Å². The fourth-order valence-corrected chi connectivity index (χ4v) is 3.98. The molecule has 2 fully saturated rings. The molecule has 25 heavy (non-hydrogen) atoms. The van der Waals surface area contributed by atoms with Crippen LogP contribution < -0.4 is 5.32 Å². The standard InChI is InChI=1S/C19H26FN3O2/c1-2-23-17(24)9-8-15(18(23)14-6-3-4-7-16(14)20)19(25)22-12-5-10-21-11-13-22/h3-4,6-7,15,18,21H,2,5,8-13H2,1H3/t15-,18+/m1/s1. The van der Waals surface area contributed by atoms with Crippen LogP contribution in [0.3, 0.4) is 0 Å². The van der Waals surface area contributed by atoms with E-state index in [1.807, 2.05) is 11.8 Å². The molecular formula is C19H26FN3O2. The Balaban J connectivity index is 1.93. The second kappa shape index (κ2) is 7.95. The molecule has 0 aromatic heterocycles. The van der Waals surface area contributed by atoms with Gasteiger partial charge in [0.05, 0.1) is 12.0 Å². The molecule has 1 N–H and O–H groups in total. The Morgan fingerprint density at radius 2 is 2.08 bits per heavy atom. The first-order chi connectivity index (χ1) is 12.1. The summed E-state index contributed by atoms with van der Waals surface area (Å²) in [7, 11) is 0. The summed E-state index contributed by atoms with van der Waals surface area (Å²) in [6.07, 6.45) is 1.75. The summed E-state index contributed by atoms with van der Waals surface area (Å²) in [6.45, 7) is 5.42. The number of carbonyl (C=O) groups is 2. The molecule has 2 aliphatic heterocycles. The van der Waals surface area contributed by atoms with Crippen LogP contribution in [0.5, 0.6) is 0 Å². The normalized spacial score (nSPS) is 25.0. The molecule has 2 heterocycles. The fraction of sp³-hybridized carbons (Fsp3) is 0.579. The van der Waals surface area contributed by atoms with Crippen LogP contribution in [0.25, 0.3) is 0 Å². The molecule has 6 heteroatoms. The van der Waals surface area contributed by atoms with Crippen molar-refractivity contribution in [3.63, 3.8) is 0 Å². The molecule has 0 saturated carbocycles. The third kappa shape index (κ3) is 3.68. The van der Waals surface area contributed by atoms with E-state index in [0.717, 1.165) is 19.5 Å². The van der Waals surface area contributed by atoms with Gasteiger partial charge in [-0.25, -0.2) is 4.39 Å². The SMILES string of the molecule is CCN1C(=O)CC[C@@H](C(=O)N2CCCNCC2)[C@@H]1c1ccccc1F. The van der Waals surface area contributed by atoms with Crippen molar-refractivity contribution in [1.82, 2.24) is 15.1 Å². The third-order valence-corrected chi connectivity index (χ3v) is 5.24. The molecule has 136 valence electrons. The van der Waals surface area contributed by atoms with E-state index in [9.17, 15) is 14.0 Å². The van der Waals surface area contributed by atoms with Gasteiger partial charge in [0.25, 0.3) is 0 Å². The van der Waals surface area contributed by atoms with Crippen LogP contribution in [0.1, 0.15) is 37.8 Å². The maximum Gasteiger partial charge on any atom is 0.228 e.